The Morgan fingerprint density at radius 1 is 1.10 bits per heavy atom. The molecule has 0 saturated heterocycles. The van der Waals surface area contributed by atoms with Crippen LogP contribution in [0.1, 0.15) is 59.8 Å². The van der Waals surface area contributed by atoms with Crippen LogP contribution < -0.4 is 11.5 Å². The van der Waals surface area contributed by atoms with Gasteiger partial charge in [-0.1, -0.05) is 37.5 Å². The van der Waals surface area contributed by atoms with Gasteiger partial charge in [-0.05, 0) is 58.6 Å². The summed E-state index contributed by atoms with van der Waals surface area (Å²) in [5.41, 5.74) is 9.50. The summed E-state index contributed by atoms with van der Waals surface area (Å²) in [6.45, 7) is 6.42. The molecule has 8 heteroatoms. The SMILES string of the molecule is CC(C(=O)OC(C)(C)C)[C@](N)(O)C(N)(C1CCCCC1)S(=O)(=O)c1ccccc1. The Balaban J connectivity index is 2.59. The van der Waals surface area contributed by atoms with Gasteiger partial charge >= 0.3 is 5.97 Å². The molecule has 29 heavy (non-hydrogen) atoms. The molecule has 5 N–H and O–H groups in total. The topological polar surface area (TPSA) is 133 Å². The Hall–Kier alpha value is -1.48. The molecule has 2 rings (SSSR count). The third-order valence-corrected chi connectivity index (χ3v) is 8.20. The molecule has 0 bridgehead atoms. The molecule has 2 unspecified atom stereocenters. The van der Waals surface area contributed by atoms with Crippen LogP contribution >= 0.6 is 0 Å². The lowest BCUT2D eigenvalue weighted by atomic mass is 9.76. The lowest BCUT2D eigenvalue weighted by molar-refractivity contribution is -0.173. The van der Waals surface area contributed by atoms with Gasteiger partial charge in [0.15, 0.2) is 10.6 Å². The molecule has 7 nitrogen and oxygen atoms in total. The molecular formula is C21H34N2O5S. The Kier molecular flexibility index (Phi) is 6.84. The highest BCUT2D eigenvalue weighted by Crippen LogP contribution is 2.44. The third kappa shape index (κ3) is 4.50. The van der Waals surface area contributed by atoms with Gasteiger partial charge in [0.25, 0.3) is 0 Å². The number of carbonyl (C=O) groups excluding carboxylic acids is 1. The van der Waals surface area contributed by atoms with E-state index < -0.39 is 43.8 Å². The van der Waals surface area contributed by atoms with Crippen molar-refractivity contribution >= 4 is 15.8 Å². The first-order valence-electron chi connectivity index (χ1n) is 10.1. The summed E-state index contributed by atoms with van der Waals surface area (Å²) in [7, 11) is -4.29. The summed E-state index contributed by atoms with van der Waals surface area (Å²) in [5, 5.41) is 11.4. The summed E-state index contributed by atoms with van der Waals surface area (Å²) >= 11 is 0. The van der Waals surface area contributed by atoms with Crippen molar-refractivity contribution in [1.82, 2.24) is 0 Å². The highest BCUT2D eigenvalue weighted by Gasteiger charge is 2.63. The van der Waals surface area contributed by atoms with E-state index in [1.165, 1.54) is 19.1 Å². The van der Waals surface area contributed by atoms with Crippen LogP contribution in [-0.2, 0) is 19.4 Å². The highest BCUT2D eigenvalue weighted by atomic mass is 32.2. The van der Waals surface area contributed by atoms with E-state index in [-0.39, 0.29) is 4.90 Å². The van der Waals surface area contributed by atoms with Crippen LogP contribution in [0.15, 0.2) is 35.2 Å². The monoisotopic (exact) mass is 426 g/mol. The number of hydrogen-bond acceptors (Lipinski definition) is 7. The van der Waals surface area contributed by atoms with Crippen LogP contribution in [0.25, 0.3) is 0 Å². The molecule has 1 saturated carbocycles. The molecule has 1 aliphatic carbocycles. The molecule has 0 spiro atoms. The molecule has 1 aliphatic rings. The average Bonchev–Trinajstić information content (AvgIpc) is 2.66. The fourth-order valence-corrected chi connectivity index (χ4v) is 6.18. The van der Waals surface area contributed by atoms with Gasteiger partial charge < -0.3 is 21.3 Å². The number of carbonyl (C=O) groups is 1. The van der Waals surface area contributed by atoms with E-state index in [4.69, 9.17) is 16.2 Å². The summed E-state index contributed by atoms with van der Waals surface area (Å²) in [5.74, 6) is -2.75. The lowest BCUT2D eigenvalue weighted by Gasteiger charge is -2.49. The number of esters is 1. The van der Waals surface area contributed by atoms with Gasteiger partial charge in [-0.3, -0.25) is 4.79 Å². The van der Waals surface area contributed by atoms with Crippen LogP contribution in [0.5, 0.6) is 0 Å². The van der Waals surface area contributed by atoms with Gasteiger partial charge in [0, 0.05) is 0 Å². The standard InChI is InChI=1S/C21H34N2O5S/c1-15(18(24)28-19(2,3)4)20(22,25)21(23,16-11-7-5-8-12-16)29(26,27)17-13-9-6-10-14-17/h6,9-10,13-16,25H,5,7-8,11-12,22-23H2,1-4H3/t15?,20-,21?/m0/s1. The number of nitrogens with two attached hydrogens (primary N) is 2. The first-order valence-corrected chi connectivity index (χ1v) is 11.6. The van der Waals surface area contributed by atoms with Crippen molar-refractivity contribution in [2.24, 2.45) is 23.3 Å². The molecule has 1 aromatic rings. The molecule has 0 aliphatic heterocycles. The zero-order valence-corrected chi connectivity index (χ0v) is 18.5. The second kappa shape index (κ2) is 8.34. The Morgan fingerprint density at radius 3 is 2.10 bits per heavy atom. The molecule has 164 valence electrons. The Labute approximate surface area is 173 Å². The van der Waals surface area contributed by atoms with Crippen molar-refractivity contribution in [3.8, 4) is 0 Å². The van der Waals surface area contributed by atoms with Crippen LogP contribution in [0.4, 0.5) is 0 Å². The minimum Gasteiger partial charge on any atom is -0.460 e. The molecule has 3 atom stereocenters. The van der Waals surface area contributed by atoms with E-state index in [0.29, 0.717) is 12.8 Å². The van der Waals surface area contributed by atoms with Gasteiger partial charge in [-0.25, -0.2) is 8.42 Å². The van der Waals surface area contributed by atoms with Crippen molar-refractivity contribution in [1.29, 1.82) is 0 Å². The Morgan fingerprint density at radius 2 is 1.62 bits per heavy atom. The molecule has 1 aromatic carbocycles. The minimum absolute atomic E-state index is 0.0339. The van der Waals surface area contributed by atoms with Crippen LogP contribution in [-0.4, -0.2) is 35.7 Å². The normalized spacial score (nSPS) is 21.6. The fraction of sp³-hybridized carbons (Fsp3) is 0.667. The molecule has 0 amide bonds. The maximum absolute atomic E-state index is 13.7. The van der Waals surface area contributed by atoms with Gasteiger partial charge in [0.05, 0.1) is 10.8 Å². The summed E-state index contributed by atoms with van der Waals surface area (Å²) < 4.78 is 32.7. The molecule has 0 aromatic heterocycles. The van der Waals surface area contributed by atoms with Crippen LogP contribution in [0.3, 0.4) is 0 Å². The lowest BCUT2D eigenvalue weighted by Crippen LogP contribution is -2.76. The van der Waals surface area contributed by atoms with E-state index in [0.717, 1.165) is 19.3 Å². The van der Waals surface area contributed by atoms with Gasteiger partial charge in [-0.2, -0.15) is 0 Å². The molecule has 0 radical (unpaired) electrons. The second-order valence-corrected chi connectivity index (χ2v) is 11.2. The zero-order valence-electron chi connectivity index (χ0n) is 17.7. The molecular weight excluding hydrogens is 392 g/mol. The van der Waals surface area contributed by atoms with Gasteiger partial charge in [0.1, 0.15) is 5.60 Å². The van der Waals surface area contributed by atoms with E-state index in [1.54, 1.807) is 39.0 Å². The van der Waals surface area contributed by atoms with Crippen LogP contribution in [0, 0.1) is 11.8 Å². The smallest absolute Gasteiger partial charge is 0.313 e. The van der Waals surface area contributed by atoms with E-state index in [9.17, 15) is 18.3 Å². The summed E-state index contributed by atoms with van der Waals surface area (Å²) in [4.78, 5) is 10.4. The number of rotatable bonds is 6. The van der Waals surface area contributed by atoms with E-state index in [1.807, 2.05) is 0 Å². The first kappa shape index (κ1) is 23.8. The fourth-order valence-electron chi connectivity index (χ4n) is 4.00. The second-order valence-electron chi connectivity index (χ2n) is 9.03. The quantitative estimate of drug-likeness (QED) is 0.469. The maximum atomic E-state index is 13.7. The number of hydrogen-bond donors (Lipinski definition) is 3. The third-order valence-electron chi connectivity index (χ3n) is 5.76. The number of ether oxygens (including phenoxy) is 1. The number of aliphatic hydroxyl groups is 1. The Bertz CT molecular complexity index is 811. The van der Waals surface area contributed by atoms with E-state index in [2.05, 4.69) is 0 Å². The highest BCUT2D eigenvalue weighted by molar-refractivity contribution is 7.93. The predicted molar refractivity (Wildman–Crippen MR) is 111 cm³/mol. The summed E-state index contributed by atoms with van der Waals surface area (Å²) in [6, 6.07) is 7.71. The number of benzene rings is 1. The first-order chi connectivity index (χ1) is 13.2. The zero-order chi connectivity index (χ0) is 22.1. The summed E-state index contributed by atoms with van der Waals surface area (Å²) in [6.07, 6.45) is 3.53. The predicted octanol–water partition coefficient (Wildman–Crippen LogP) is 2.32. The van der Waals surface area contributed by atoms with Gasteiger partial charge in [0.2, 0.25) is 9.84 Å². The largest absolute Gasteiger partial charge is 0.460 e. The van der Waals surface area contributed by atoms with Crippen LogP contribution in [0.2, 0.25) is 0 Å². The molecule has 0 heterocycles. The van der Waals surface area contributed by atoms with Crippen molar-refractivity contribution in [2.45, 2.75) is 80.9 Å². The average molecular weight is 427 g/mol. The van der Waals surface area contributed by atoms with Crippen molar-refractivity contribution < 1.29 is 23.1 Å². The maximum Gasteiger partial charge on any atom is 0.313 e. The van der Waals surface area contributed by atoms with Crippen molar-refractivity contribution in [3.63, 3.8) is 0 Å². The number of sulfone groups is 1. The minimum atomic E-state index is -4.29. The van der Waals surface area contributed by atoms with Crippen molar-refractivity contribution in [3.05, 3.63) is 30.3 Å². The van der Waals surface area contributed by atoms with Gasteiger partial charge in [-0.15, -0.1) is 0 Å². The van der Waals surface area contributed by atoms with E-state index >= 15 is 0 Å². The van der Waals surface area contributed by atoms with Crippen molar-refractivity contribution in [2.75, 3.05) is 0 Å². The molecule has 1 fully saturated rings.